The quantitative estimate of drug-likeness (QED) is 0.266. The summed E-state index contributed by atoms with van der Waals surface area (Å²) in [5.41, 5.74) is 2.47. The first-order chi connectivity index (χ1) is 16.8. The first-order valence-corrected chi connectivity index (χ1v) is 12.2. The van der Waals surface area contributed by atoms with E-state index in [9.17, 15) is 19.7 Å². The van der Waals surface area contributed by atoms with Gasteiger partial charge in [-0.05, 0) is 31.9 Å². The Kier molecular flexibility index (Phi) is 8.70. The van der Waals surface area contributed by atoms with Crippen molar-refractivity contribution in [3.05, 3.63) is 97.7 Å². The van der Waals surface area contributed by atoms with Crippen molar-refractivity contribution in [3.8, 4) is 0 Å². The Hall–Kier alpha value is -3.59. The molecule has 1 aliphatic rings. The molecule has 1 atom stereocenters. The maximum Gasteiger partial charge on any atom is 0.337 e. The van der Waals surface area contributed by atoms with Gasteiger partial charge in [-0.25, -0.2) is 9.59 Å². The molecule has 35 heavy (non-hydrogen) atoms. The molecule has 184 valence electrons. The molecule has 0 spiro atoms. The summed E-state index contributed by atoms with van der Waals surface area (Å²) in [4.78, 5) is 39.3. The molecule has 2 aromatic carbocycles. The molecular formula is C26H28N2O6S. The minimum atomic E-state index is -0.887. The van der Waals surface area contributed by atoms with Crippen LogP contribution in [0.15, 0.2) is 76.5 Å². The van der Waals surface area contributed by atoms with Gasteiger partial charge in [-0.15, -0.1) is 11.8 Å². The summed E-state index contributed by atoms with van der Waals surface area (Å²) in [7, 11) is 1.78. The lowest BCUT2D eigenvalue weighted by atomic mass is 9.81. The summed E-state index contributed by atoms with van der Waals surface area (Å²) < 4.78 is 10.8. The monoisotopic (exact) mass is 496 g/mol. The molecule has 1 heterocycles. The van der Waals surface area contributed by atoms with Crippen LogP contribution in [0.2, 0.25) is 0 Å². The second-order valence-corrected chi connectivity index (χ2v) is 8.74. The number of nitro benzene ring substituents is 1. The number of non-ortho nitro benzene ring substituents is 1. The second kappa shape index (κ2) is 11.7. The fraction of sp³-hybridized carbons (Fsp3) is 0.308. The van der Waals surface area contributed by atoms with Gasteiger partial charge in [0.15, 0.2) is 0 Å². The standard InChI is InChI=1S/C26H28N2O6S/c1-5-33-25(29)21-17(3)27(4)24(35-16-18-11-8-7-9-12-18)23(26(30)34-6-2)22(21)19-13-10-14-20(15-19)28(31)32/h7-15,22H,5-6,16H2,1-4H3. The van der Waals surface area contributed by atoms with Crippen LogP contribution in [0.4, 0.5) is 5.69 Å². The Bertz CT molecular complexity index is 1180. The molecule has 0 N–H and O–H groups in total. The van der Waals surface area contributed by atoms with E-state index in [-0.39, 0.29) is 30.0 Å². The van der Waals surface area contributed by atoms with Crippen LogP contribution < -0.4 is 0 Å². The van der Waals surface area contributed by atoms with Crippen LogP contribution in [0, 0.1) is 10.1 Å². The molecule has 8 nitrogen and oxygen atoms in total. The van der Waals surface area contributed by atoms with Gasteiger partial charge in [0, 0.05) is 30.6 Å². The van der Waals surface area contributed by atoms with Crippen LogP contribution in [0.5, 0.6) is 0 Å². The summed E-state index contributed by atoms with van der Waals surface area (Å²) in [5.74, 6) is -1.47. The maximum atomic E-state index is 13.4. The minimum absolute atomic E-state index is 0.135. The predicted molar refractivity (Wildman–Crippen MR) is 134 cm³/mol. The number of carbonyl (C=O) groups excluding carboxylic acids is 2. The Morgan fingerprint density at radius 1 is 1.00 bits per heavy atom. The van der Waals surface area contributed by atoms with E-state index in [1.54, 1.807) is 44.9 Å². The van der Waals surface area contributed by atoms with Crippen LogP contribution in [-0.4, -0.2) is 42.0 Å². The molecule has 0 bridgehead atoms. The highest BCUT2D eigenvalue weighted by Crippen LogP contribution is 2.46. The lowest BCUT2D eigenvalue weighted by Crippen LogP contribution is -2.33. The number of thioether (sulfide) groups is 1. The van der Waals surface area contributed by atoms with Gasteiger partial charge in [-0.2, -0.15) is 0 Å². The molecular weight excluding hydrogens is 468 g/mol. The van der Waals surface area contributed by atoms with Gasteiger partial charge >= 0.3 is 11.9 Å². The summed E-state index contributed by atoms with van der Waals surface area (Å²) in [6.45, 7) is 5.47. The Morgan fingerprint density at radius 3 is 2.23 bits per heavy atom. The Labute approximate surface area is 208 Å². The molecule has 0 radical (unpaired) electrons. The van der Waals surface area contributed by atoms with Crippen LogP contribution in [0.25, 0.3) is 0 Å². The third-order valence-corrected chi connectivity index (χ3v) is 6.87. The summed E-state index contributed by atoms with van der Waals surface area (Å²) in [6.07, 6.45) is 0. The van der Waals surface area contributed by atoms with Crippen molar-refractivity contribution < 1.29 is 24.0 Å². The Balaban J connectivity index is 2.23. The minimum Gasteiger partial charge on any atom is -0.463 e. The number of allylic oxidation sites excluding steroid dienone is 1. The van der Waals surface area contributed by atoms with E-state index in [0.717, 1.165) is 5.56 Å². The average Bonchev–Trinajstić information content (AvgIpc) is 2.85. The van der Waals surface area contributed by atoms with Gasteiger partial charge in [0.25, 0.3) is 5.69 Å². The molecule has 0 saturated heterocycles. The number of rotatable bonds is 9. The van der Waals surface area contributed by atoms with Crippen LogP contribution in [0.3, 0.4) is 0 Å². The van der Waals surface area contributed by atoms with Crippen molar-refractivity contribution in [1.29, 1.82) is 0 Å². The summed E-state index contributed by atoms with van der Waals surface area (Å²) >= 11 is 1.45. The third-order valence-electron chi connectivity index (χ3n) is 5.63. The number of hydrogen-bond donors (Lipinski definition) is 0. The first kappa shape index (κ1) is 26.0. The zero-order valence-electron chi connectivity index (χ0n) is 20.1. The zero-order valence-corrected chi connectivity index (χ0v) is 21.0. The highest BCUT2D eigenvalue weighted by atomic mass is 32.2. The molecule has 3 rings (SSSR count). The van der Waals surface area contributed by atoms with Gasteiger partial charge in [-0.3, -0.25) is 10.1 Å². The van der Waals surface area contributed by atoms with E-state index in [1.807, 2.05) is 30.3 Å². The lowest BCUT2D eigenvalue weighted by molar-refractivity contribution is -0.384. The van der Waals surface area contributed by atoms with E-state index in [2.05, 4.69) is 0 Å². The van der Waals surface area contributed by atoms with E-state index in [4.69, 9.17) is 9.47 Å². The average molecular weight is 497 g/mol. The molecule has 9 heteroatoms. The van der Waals surface area contributed by atoms with Gasteiger partial charge in [-0.1, -0.05) is 42.5 Å². The highest BCUT2D eigenvalue weighted by Gasteiger charge is 2.41. The largest absolute Gasteiger partial charge is 0.463 e. The number of esters is 2. The van der Waals surface area contributed by atoms with E-state index in [1.165, 1.54) is 23.9 Å². The Morgan fingerprint density at radius 2 is 1.63 bits per heavy atom. The van der Waals surface area contributed by atoms with Crippen molar-refractivity contribution >= 4 is 29.4 Å². The number of ether oxygens (including phenoxy) is 2. The number of nitro groups is 1. The third kappa shape index (κ3) is 5.74. The topological polar surface area (TPSA) is 99.0 Å². The van der Waals surface area contributed by atoms with E-state index in [0.29, 0.717) is 22.0 Å². The highest BCUT2D eigenvalue weighted by molar-refractivity contribution is 8.02. The number of benzene rings is 2. The van der Waals surface area contributed by atoms with Gasteiger partial charge < -0.3 is 14.4 Å². The maximum absolute atomic E-state index is 13.4. The zero-order chi connectivity index (χ0) is 25.5. The number of carbonyl (C=O) groups is 2. The first-order valence-electron chi connectivity index (χ1n) is 11.2. The van der Waals surface area contributed by atoms with Gasteiger partial charge in [0.1, 0.15) is 0 Å². The predicted octanol–water partition coefficient (Wildman–Crippen LogP) is 5.17. The van der Waals surface area contributed by atoms with Crippen molar-refractivity contribution in [2.24, 2.45) is 0 Å². The molecule has 2 aromatic rings. The fourth-order valence-corrected chi connectivity index (χ4v) is 5.11. The van der Waals surface area contributed by atoms with Crippen molar-refractivity contribution in [2.45, 2.75) is 32.4 Å². The van der Waals surface area contributed by atoms with Crippen molar-refractivity contribution in [2.75, 3.05) is 20.3 Å². The molecule has 0 fully saturated rings. The van der Waals surface area contributed by atoms with E-state index >= 15 is 0 Å². The SMILES string of the molecule is CCOC(=O)C1=C(C)N(C)C(SCc2ccccc2)=C(C(=O)OCC)C1c1cccc([N+](=O)[O-])c1. The molecule has 1 unspecified atom stereocenters. The fourth-order valence-electron chi connectivity index (χ4n) is 3.93. The van der Waals surface area contributed by atoms with E-state index < -0.39 is 22.8 Å². The van der Waals surface area contributed by atoms with Crippen LogP contribution >= 0.6 is 11.8 Å². The second-order valence-electron chi connectivity index (χ2n) is 7.78. The number of nitrogens with zero attached hydrogens (tertiary/aromatic N) is 2. The molecule has 1 aliphatic heterocycles. The molecule has 0 amide bonds. The summed E-state index contributed by atoms with van der Waals surface area (Å²) in [6, 6.07) is 15.8. The molecule has 0 aromatic heterocycles. The number of hydrogen-bond acceptors (Lipinski definition) is 8. The van der Waals surface area contributed by atoms with Crippen molar-refractivity contribution in [1.82, 2.24) is 4.90 Å². The molecule has 0 saturated carbocycles. The lowest BCUT2D eigenvalue weighted by Gasteiger charge is -2.36. The summed E-state index contributed by atoms with van der Waals surface area (Å²) in [5, 5.41) is 12.1. The smallest absolute Gasteiger partial charge is 0.337 e. The normalized spacial score (nSPS) is 15.8. The van der Waals surface area contributed by atoms with Crippen LogP contribution in [0.1, 0.15) is 37.8 Å². The molecule has 0 aliphatic carbocycles. The van der Waals surface area contributed by atoms with Gasteiger partial charge in [0.2, 0.25) is 0 Å². The van der Waals surface area contributed by atoms with Crippen molar-refractivity contribution in [3.63, 3.8) is 0 Å². The van der Waals surface area contributed by atoms with Crippen LogP contribution in [-0.2, 0) is 24.8 Å². The van der Waals surface area contributed by atoms with Gasteiger partial charge in [0.05, 0.1) is 40.2 Å².